The lowest BCUT2D eigenvalue weighted by Gasteiger charge is -2.27. The molecule has 2 aromatic rings. The van der Waals surface area contributed by atoms with Crippen LogP contribution in [-0.4, -0.2) is 42.1 Å². The summed E-state index contributed by atoms with van der Waals surface area (Å²) in [5, 5.41) is 8.39. The zero-order valence-electron chi connectivity index (χ0n) is 24.2. The molecule has 214 valence electrons. The van der Waals surface area contributed by atoms with Gasteiger partial charge in [-0.3, -0.25) is 4.79 Å². The zero-order chi connectivity index (χ0) is 28.8. The molecule has 0 bridgehead atoms. The van der Waals surface area contributed by atoms with Crippen LogP contribution in [0.5, 0.6) is 5.75 Å². The van der Waals surface area contributed by atoms with E-state index in [1.807, 2.05) is 75.4 Å². The first kappa shape index (κ1) is 31.7. The number of rotatable bonds is 14. The van der Waals surface area contributed by atoms with E-state index in [9.17, 15) is 14.4 Å². The second-order valence-corrected chi connectivity index (χ2v) is 11.2. The van der Waals surface area contributed by atoms with Crippen molar-refractivity contribution in [3.8, 4) is 5.75 Å². The third kappa shape index (κ3) is 12.7. The van der Waals surface area contributed by atoms with E-state index < -0.39 is 35.6 Å². The highest BCUT2D eigenvalue weighted by atomic mass is 16.6. The summed E-state index contributed by atoms with van der Waals surface area (Å²) in [4.78, 5) is 38.8. The Morgan fingerprint density at radius 2 is 1.54 bits per heavy atom. The molecule has 0 unspecified atom stereocenters. The minimum Gasteiger partial charge on any atom is -0.489 e. The van der Waals surface area contributed by atoms with Crippen LogP contribution < -0.4 is 20.7 Å². The Morgan fingerprint density at radius 1 is 0.872 bits per heavy atom. The van der Waals surface area contributed by atoms with Crippen LogP contribution in [0.1, 0.15) is 71.9 Å². The number of unbranched alkanes of at least 4 members (excludes halogenated alkanes) is 1. The van der Waals surface area contributed by atoms with Gasteiger partial charge in [-0.25, -0.2) is 9.59 Å². The molecule has 0 aliphatic heterocycles. The molecule has 2 rings (SSSR count). The molecule has 0 saturated heterocycles. The van der Waals surface area contributed by atoms with Gasteiger partial charge in [0.05, 0.1) is 0 Å². The summed E-state index contributed by atoms with van der Waals surface area (Å²) in [7, 11) is 0. The van der Waals surface area contributed by atoms with Gasteiger partial charge < -0.3 is 25.4 Å². The predicted molar refractivity (Wildman–Crippen MR) is 153 cm³/mol. The Balaban J connectivity index is 2.11. The standard InChI is InChI=1S/C31H45N3O5/c1-7-8-18-32-30(37)34-26(19-22(2)3)28(35)33-27(29(36)39-31(4,5)6)20-23-14-16-25(17-15-23)38-21-24-12-10-9-11-13-24/h9-17,22,26-27H,7-8,18-21H2,1-6H3,(H,33,35)(H2,32,34,37)/t26-,27-/m0/s1. The van der Waals surface area contributed by atoms with E-state index in [4.69, 9.17) is 9.47 Å². The number of nitrogens with one attached hydrogen (secondary N) is 3. The molecule has 3 N–H and O–H groups in total. The van der Waals surface area contributed by atoms with Crippen LogP contribution >= 0.6 is 0 Å². The smallest absolute Gasteiger partial charge is 0.329 e. The first-order chi connectivity index (χ1) is 18.5. The third-order valence-electron chi connectivity index (χ3n) is 5.76. The lowest BCUT2D eigenvalue weighted by Crippen LogP contribution is -2.55. The molecule has 0 fully saturated rings. The van der Waals surface area contributed by atoms with Crippen LogP contribution in [0.25, 0.3) is 0 Å². The van der Waals surface area contributed by atoms with Crippen molar-refractivity contribution in [2.45, 2.75) is 91.5 Å². The van der Waals surface area contributed by atoms with Crippen LogP contribution in [0.15, 0.2) is 54.6 Å². The lowest BCUT2D eigenvalue weighted by atomic mass is 10.0. The Hall–Kier alpha value is -3.55. The van der Waals surface area contributed by atoms with E-state index in [1.54, 1.807) is 20.8 Å². The summed E-state index contributed by atoms with van der Waals surface area (Å²) >= 11 is 0. The molecule has 0 aliphatic rings. The Morgan fingerprint density at radius 3 is 2.13 bits per heavy atom. The summed E-state index contributed by atoms with van der Waals surface area (Å²) < 4.78 is 11.5. The molecule has 2 atom stereocenters. The number of carbonyl (C=O) groups excluding carboxylic acids is 3. The molecular weight excluding hydrogens is 494 g/mol. The van der Waals surface area contributed by atoms with Crippen molar-refractivity contribution in [1.29, 1.82) is 0 Å². The molecule has 0 aliphatic carbocycles. The molecule has 2 aromatic carbocycles. The molecular formula is C31H45N3O5. The van der Waals surface area contributed by atoms with Crippen molar-refractivity contribution in [2.75, 3.05) is 6.54 Å². The first-order valence-electron chi connectivity index (χ1n) is 13.8. The predicted octanol–water partition coefficient (Wildman–Crippen LogP) is 5.15. The highest BCUT2D eigenvalue weighted by Crippen LogP contribution is 2.17. The number of carbonyl (C=O) groups is 3. The van der Waals surface area contributed by atoms with Gasteiger partial charge in [-0.15, -0.1) is 0 Å². The summed E-state index contributed by atoms with van der Waals surface area (Å²) in [6, 6.07) is 15.2. The number of amides is 3. The summed E-state index contributed by atoms with van der Waals surface area (Å²) in [5.41, 5.74) is 1.19. The highest BCUT2D eigenvalue weighted by Gasteiger charge is 2.30. The molecule has 0 radical (unpaired) electrons. The minimum atomic E-state index is -0.924. The average Bonchev–Trinajstić information content (AvgIpc) is 2.87. The summed E-state index contributed by atoms with van der Waals surface area (Å²) in [6.07, 6.45) is 2.47. The molecule has 0 aromatic heterocycles. The van der Waals surface area contributed by atoms with Crippen molar-refractivity contribution in [1.82, 2.24) is 16.0 Å². The van der Waals surface area contributed by atoms with Gasteiger partial charge in [0.25, 0.3) is 0 Å². The van der Waals surface area contributed by atoms with E-state index in [-0.39, 0.29) is 12.3 Å². The molecule has 39 heavy (non-hydrogen) atoms. The number of benzene rings is 2. The Bertz CT molecular complexity index is 1030. The first-order valence-corrected chi connectivity index (χ1v) is 13.8. The molecule has 0 saturated carbocycles. The fraction of sp³-hybridized carbons (Fsp3) is 0.516. The van der Waals surface area contributed by atoms with Crippen LogP contribution in [0, 0.1) is 5.92 Å². The van der Waals surface area contributed by atoms with Crippen LogP contribution in [0.2, 0.25) is 0 Å². The maximum absolute atomic E-state index is 13.3. The lowest BCUT2D eigenvalue weighted by molar-refractivity contribution is -0.158. The maximum Gasteiger partial charge on any atom is 0.329 e. The minimum absolute atomic E-state index is 0.153. The van der Waals surface area contributed by atoms with Crippen LogP contribution in [-0.2, 0) is 27.4 Å². The second-order valence-electron chi connectivity index (χ2n) is 11.2. The molecule has 8 heteroatoms. The van der Waals surface area contributed by atoms with E-state index in [2.05, 4.69) is 16.0 Å². The van der Waals surface area contributed by atoms with E-state index >= 15 is 0 Å². The van der Waals surface area contributed by atoms with Crippen LogP contribution in [0.3, 0.4) is 0 Å². The van der Waals surface area contributed by atoms with Gasteiger partial charge in [0.2, 0.25) is 5.91 Å². The molecule has 0 heterocycles. The van der Waals surface area contributed by atoms with Crippen molar-refractivity contribution >= 4 is 17.9 Å². The topological polar surface area (TPSA) is 106 Å². The fourth-order valence-electron chi connectivity index (χ4n) is 3.83. The number of hydrogen-bond acceptors (Lipinski definition) is 5. The van der Waals surface area contributed by atoms with E-state index in [0.717, 1.165) is 24.0 Å². The van der Waals surface area contributed by atoms with Crippen molar-refractivity contribution in [3.05, 3.63) is 65.7 Å². The van der Waals surface area contributed by atoms with Crippen LogP contribution in [0.4, 0.5) is 4.79 Å². The largest absolute Gasteiger partial charge is 0.489 e. The number of urea groups is 1. The second kappa shape index (κ2) is 15.8. The van der Waals surface area contributed by atoms with Gasteiger partial charge in [0.15, 0.2) is 0 Å². The Labute approximate surface area is 233 Å². The quantitative estimate of drug-likeness (QED) is 0.227. The SMILES string of the molecule is CCCCNC(=O)N[C@@H](CC(C)C)C(=O)N[C@@H](Cc1ccc(OCc2ccccc2)cc1)C(=O)OC(C)(C)C. The van der Waals surface area contributed by atoms with Gasteiger partial charge in [0.1, 0.15) is 30.0 Å². The van der Waals surface area contributed by atoms with Gasteiger partial charge in [0, 0.05) is 13.0 Å². The molecule has 3 amide bonds. The van der Waals surface area contributed by atoms with Gasteiger partial charge in [-0.2, -0.15) is 0 Å². The monoisotopic (exact) mass is 539 g/mol. The van der Waals surface area contributed by atoms with Gasteiger partial charge >= 0.3 is 12.0 Å². The fourth-order valence-corrected chi connectivity index (χ4v) is 3.83. The Kier molecular flexibility index (Phi) is 12.8. The summed E-state index contributed by atoms with van der Waals surface area (Å²) in [6.45, 7) is 12.3. The third-order valence-corrected chi connectivity index (χ3v) is 5.76. The van der Waals surface area contributed by atoms with Crippen molar-refractivity contribution in [2.24, 2.45) is 5.92 Å². The molecule has 0 spiro atoms. The van der Waals surface area contributed by atoms with E-state index in [0.29, 0.717) is 25.3 Å². The van der Waals surface area contributed by atoms with Gasteiger partial charge in [-0.1, -0.05) is 69.7 Å². The number of hydrogen-bond donors (Lipinski definition) is 3. The average molecular weight is 540 g/mol. The zero-order valence-corrected chi connectivity index (χ0v) is 24.2. The van der Waals surface area contributed by atoms with Gasteiger partial charge in [-0.05, 0) is 62.8 Å². The van der Waals surface area contributed by atoms with Crippen molar-refractivity contribution in [3.63, 3.8) is 0 Å². The number of ether oxygens (including phenoxy) is 2. The van der Waals surface area contributed by atoms with E-state index in [1.165, 1.54) is 0 Å². The maximum atomic E-state index is 13.3. The van der Waals surface area contributed by atoms with Crippen molar-refractivity contribution < 1.29 is 23.9 Å². The highest BCUT2D eigenvalue weighted by molar-refractivity contribution is 5.90. The summed E-state index contributed by atoms with van der Waals surface area (Å²) in [5.74, 6) is -0.0974. The molecule has 8 nitrogen and oxygen atoms in total. The normalized spacial score (nSPS) is 12.8. The number of esters is 1.